The highest BCUT2D eigenvalue weighted by Gasteiger charge is 2.43. The standard InChI is InChI=1S/C20H21ClN2O4/c1-2-14-7-8-15(13-18(14)23(25)26)22-19(24)20(9-11-27-12-10-20)16-5-3-4-6-17(16)21/h3-8,13H,2,9-12H2,1H3,(H,22,24). The van der Waals surface area contributed by atoms with Gasteiger partial charge in [0, 0.05) is 35.6 Å². The lowest BCUT2D eigenvalue weighted by atomic mass is 9.73. The molecule has 2 aromatic rings. The van der Waals surface area contributed by atoms with Crippen LogP contribution in [-0.4, -0.2) is 24.0 Å². The molecule has 2 aromatic carbocycles. The van der Waals surface area contributed by atoms with E-state index in [4.69, 9.17) is 16.3 Å². The lowest BCUT2D eigenvalue weighted by Crippen LogP contribution is -2.45. The molecule has 1 aliphatic heterocycles. The van der Waals surface area contributed by atoms with E-state index in [1.54, 1.807) is 18.2 Å². The monoisotopic (exact) mass is 388 g/mol. The molecule has 1 heterocycles. The normalized spacial score (nSPS) is 15.9. The lowest BCUT2D eigenvalue weighted by molar-refractivity contribution is -0.385. The number of benzene rings is 2. The largest absolute Gasteiger partial charge is 0.381 e. The first-order valence-corrected chi connectivity index (χ1v) is 9.27. The topological polar surface area (TPSA) is 81.5 Å². The molecule has 27 heavy (non-hydrogen) atoms. The molecule has 0 saturated carbocycles. The number of nitrogens with one attached hydrogen (secondary N) is 1. The van der Waals surface area contributed by atoms with Crippen LogP contribution in [0.4, 0.5) is 11.4 Å². The number of hydrogen-bond acceptors (Lipinski definition) is 4. The summed E-state index contributed by atoms with van der Waals surface area (Å²) < 4.78 is 5.45. The highest BCUT2D eigenvalue weighted by atomic mass is 35.5. The molecule has 0 bridgehead atoms. The maximum absolute atomic E-state index is 13.3. The van der Waals surface area contributed by atoms with E-state index in [2.05, 4.69) is 5.32 Å². The Morgan fingerprint density at radius 1 is 1.26 bits per heavy atom. The summed E-state index contributed by atoms with van der Waals surface area (Å²) in [6, 6.07) is 12.1. The smallest absolute Gasteiger partial charge is 0.274 e. The number of nitro benzene ring substituents is 1. The number of hydrogen-bond donors (Lipinski definition) is 1. The van der Waals surface area contributed by atoms with Crippen molar-refractivity contribution in [1.29, 1.82) is 0 Å². The van der Waals surface area contributed by atoms with Crippen molar-refractivity contribution in [2.75, 3.05) is 18.5 Å². The Bertz CT molecular complexity index is 863. The van der Waals surface area contributed by atoms with Gasteiger partial charge in [0.25, 0.3) is 5.69 Å². The van der Waals surface area contributed by atoms with Gasteiger partial charge in [-0.3, -0.25) is 14.9 Å². The van der Waals surface area contributed by atoms with Gasteiger partial charge in [0.1, 0.15) is 0 Å². The molecule has 1 amide bonds. The Hall–Kier alpha value is -2.44. The molecule has 142 valence electrons. The maximum Gasteiger partial charge on any atom is 0.274 e. The zero-order valence-electron chi connectivity index (χ0n) is 15.0. The average molecular weight is 389 g/mol. The summed E-state index contributed by atoms with van der Waals surface area (Å²) in [6.07, 6.45) is 1.54. The summed E-state index contributed by atoms with van der Waals surface area (Å²) >= 11 is 6.39. The molecule has 6 nitrogen and oxygen atoms in total. The second-order valence-corrected chi connectivity index (χ2v) is 6.99. The first kappa shape index (κ1) is 19.3. The van der Waals surface area contributed by atoms with Crippen molar-refractivity contribution in [3.63, 3.8) is 0 Å². The molecule has 0 spiro atoms. The zero-order chi connectivity index (χ0) is 19.4. The van der Waals surface area contributed by atoms with Crippen molar-refractivity contribution >= 4 is 28.9 Å². The number of halogens is 1. The van der Waals surface area contributed by atoms with Crippen LogP contribution in [0.5, 0.6) is 0 Å². The van der Waals surface area contributed by atoms with E-state index in [1.165, 1.54) is 6.07 Å². The van der Waals surface area contributed by atoms with E-state index in [0.717, 1.165) is 5.56 Å². The summed E-state index contributed by atoms with van der Waals surface area (Å²) in [6.45, 7) is 2.76. The lowest BCUT2D eigenvalue weighted by Gasteiger charge is -2.36. The zero-order valence-corrected chi connectivity index (χ0v) is 15.8. The van der Waals surface area contributed by atoms with Gasteiger partial charge in [-0.1, -0.05) is 42.8 Å². The van der Waals surface area contributed by atoms with Crippen LogP contribution in [0.3, 0.4) is 0 Å². The average Bonchev–Trinajstić information content (AvgIpc) is 2.68. The minimum atomic E-state index is -0.825. The Morgan fingerprint density at radius 2 is 1.96 bits per heavy atom. The van der Waals surface area contributed by atoms with Crippen LogP contribution in [-0.2, 0) is 21.4 Å². The number of anilines is 1. The fourth-order valence-electron chi connectivity index (χ4n) is 3.55. The second-order valence-electron chi connectivity index (χ2n) is 6.58. The quantitative estimate of drug-likeness (QED) is 0.604. The van der Waals surface area contributed by atoms with Crippen LogP contribution in [0.2, 0.25) is 5.02 Å². The maximum atomic E-state index is 13.3. The van der Waals surface area contributed by atoms with Crippen molar-refractivity contribution in [2.45, 2.75) is 31.6 Å². The summed E-state index contributed by atoms with van der Waals surface area (Å²) in [7, 11) is 0. The van der Waals surface area contributed by atoms with Crippen molar-refractivity contribution in [3.8, 4) is 0 Å². The van der Waals surface area contributed by atoms with Gasteiger partial charge in [0.2, 0.25) is 5.91 Å². The van der Waals surface area contributed by atoms with Crippen molar-refractivity contribution in [2.24, 2.45) is 0 Å². The molecule has 0 unspecified atom stereocenters. The van der Waals surface area contributed by atoms with Crippen molar-refractivity contribution in [3.05, 3.63) is 68.7 Å². The number of ether oxygens (including phenoxy) is 1. The third-order valence-corrected chi connectivity index (χ3v) is 5.42. The van der Waals surface area contributed by atoms with Gasteiger partial charge in [-0.15, -0.1) is 0 Å². The van der Waals surface area contributed by atoms with Crippen molar-refractivity contribution in [1.82, 2.24) is 0 Å². The molecule has 7 heteroatoms. The fourth-order valence-corrected chi connectivity index (χ4v) is 3.87. The van der Waals surface area contributed by atoms with Crippen molar-refractivity contribution < 1.29 is 14.5 Å². The van der Waals surface area contributed by atoms with Crippen LogP contribution in [0.15, 0.2) is 42.5 Å². The number of carbonyl (C=O) groups is 1. The van der Waals surface area contributed by atoms with Gasteiger partial charge in [-0.05, 0) is 37.0 Å². The fraction of sp³-hybridized carbons (Fsp3) is 0.350. The SMILES string of the molecule is CCc1ccc(NC(=O)C2(c3ccccc3Cl)CCOCC2)cc1[N+](=O)[O-]. The van der Waals surface area contributed by atoms with Gasteiger partial charge in [-0.25, -0.2) is 0 Å². The minimum absolute atomic E-state index is 0.00840. The predicted octanol–water partition coefficient (Wildman–Crippen LogP) is 4.50. The van der Waals surface area contributed by atoms with E-state index in [9.17, 15) is 14.9 Å². The molecule has 0 aliphatic carbocycles. The molecule has 0 atom stereocenters. The highest BCUT2D eigenvalue weighted by molar-refractivity contribution is 6.31. The second kappa shape index (κ2) is 8.06. The Kier molecular flexibility index (Phi) is 5.77. The van der Waals surface area contributed by atoms with Gasteiger partial charge < -0.3 is 10.1 Å². The van der Waals surface area contributed by atoms with Gasteiger partial charge >= 0.3 is 0 Å². The Morgan fingerprint density at radius 3 is 2.59 bits per heavy atom. The molecular weight excluding hydrogens is 368 g/mol. The molecule has 3 rings (SSSR count). The number of nitrogens with zero attached hydrogens (tertiary/aromatic N) is 1. The molecule has 1 aliphatic rings. The minimum Gasteiger partial charge on any atom is -0.381 e. The number of aryl methyl sites for hydroxylation is 1. The molecule has 1 N–H and O–H groups in total. The van der Waals surface area contributed by atoms with E-state index in [0.29, 0.717) is 48.7 Å². The van der Waals surface area contributed by atoms with Crippen LogP contribution >= 0.6 is 11.6 Å². The number of carbonyl (C=O) groups excluding carboxylic acids is 1. The molecule has 0 aromatic heterocycles. The first-order chi connectivity index (χ1) is 13.0. The van der Waals surface area contributed by atoms with Crippen LogP contribution < -0.4 is 5.32 Å². The Balaban J connectivity index is 1.96. The van der Waals surface area contributed by atoms with Gasteiger partial charge in [0.15, 0.2) is 0 Å². The Labute approximate surface area is 162 Å². The van der Waals surface area contributed by atoms with Crippen LogP contribution in [0.1, 0.15) is 30.9 Å². The van der Waals surface area contributed by atoms with Crippen LogP contribution in [0.25, 0.3) is 0 Å². The number of nitro groups is 1. The number of rotatable bonds is 5. The van der Waals surface area contributed by atoms with Crippen LogP contribution in [0, 0.1) is 10.1 Å². The van der Waals surface area contributed by atoms with E-state index in [1.807, 2.05) is 25.1 Å². The summed E-state index contributed by atoms with van der Waals surface area (Å²) in [5, 5.41) is 14.7. The molecule has 1 fully saturated rings. The van der Waals surface area contributed by atoms with E-state index >= 15 is 0 Å². The molecular formula is C20H21ClN2O4. The van der Waals surface area contributed by atoms with E-state index < -0.39 is 10.3 Å². The molecule has 1 saturated heterocycles. The van der Waals surface area contributed by atoms with Gasteiger partial charge in [-0.2, -0.15) is 0 Å². The van der Waals surface area contributed by atoms with E-state index in [-0.39, 0.29) is 11.6 Å². The van der Waals surface area contributed by atoms with Gasteiger partial charge in [0.05, 0.1) is 10.3 Å². The highest BCUT2D eigenvalue weighted by Crippen LogP contribution is 2.40. The third-order valence-electron chi connectivity index (χ3n) is 5.09. The predicted molar refractivity (Wildman–Crippen MR) is 104 cm³/mol. The third kappa shape index (κ3) is 3.82. The summed E-state index contributed by atoms with van der Waals surface area (Å²) in [5.41, 5.74) is 0.974. The molecule has 0 radical (unpaired) electrons. The number of amides is 1. The first-order valence-electron chi connectivity index (χ1n) is 8.89. The summed E-state index contributed by atoms with van der Waals surface area (Å²) in [4.78, 5) is 24.2. The summed E-state index contributed by atoms with van der Waals surface area (Å²) in [5.74, 6) is -0.225.